The maximum Gasteiger partial charge on any atom is 0.245 e. The lowest BCUT2D eigenvalue weighted by Crippen LogP contribution is -2.42. The second kappa shape index (κ2) is 5.07. The molecule has 6 heteroatoms. The summed E-state index contributed by atoms with van der Waals surface area (Å²) in [5.74, 6) is 0. The quantitative estimate of drug-likeness (QED) is 0.851. The first-order valence-corrected chi connectivity index (χ1v) is 7.81. The van der Waals surface area contributed by atoms with E-state index in [4.69, 9.17) is 17.3 Å². The molecule has 0 aromatic heterocycles. The van der Waals surface area contributed by atoms with E-state index in [0.717, 1.165) is 19.3 Å². The summed E-state index contributed by atoms with van der Waals surface area (Å²) in [5.41, 5.74) is 6.01. The van der Waals surface area contributed by atoms with Gasteiger partial charge in [0, 0.05) is 17.6 Å². The maximum absolute atomic E-state index is 12.6. The van der Waals surface area contributed by atoms with Gasteiger partial charge in [0.1, 0.15) is 4.90 Å². The highest BCUT2D eigenvalue weighted by Gasteiger charge is 2.32. The van der Waals surface area contributed by atoms with Crippen LogP contribution in [-0.2, 0) is 10.0 Å². The van der Waals surface area contributed by atoms with Crippen LogP contribution >= 0.6 is 11.6 Å². The fourth-order valence-electron chi connectivity index (χ4n) is 2.29. The molecule has 0 spiro atoms. The van der Waals surface area contributed by atoms with Gasteiger partial charge in [-0.1, -0.05) is 18.0 Å². The standard InChI is InChI=1S/C12H17ClN2O2S/c1-9-4-2-3-7-15(9)18(16,17)12-8-10(13)5-6-11(12)14/h5-6,8-9H,2-4,7,14H2,1H3. The van der Waals surface area contributed by atoms with Crippen LogP contribution < -0.4 is 5.73 Å². The van der Waals surface area contributed by atoms with Crippen molar-refractivity contribution in [2.75, 3.05) is 12.3 Å². The van der Waals surface area contributed by atoms with E-state index in [1.165, 1.54) is 16.4 Å². The molecule has 100 valence electrons. The summed E-state index contributed by atoms with van der Waals surface area (Å²) in [5, 5.41) is 0.382. The molecule has 1 atom stereocenters. The second-order valence-electron chi connectivity index (χ2n) is 4.64. The first-order chi connectivity index (χ1) is 8.43. The van der Waals surface area contributed by atoms with Gasteiger partial charge in [0.2, 0.25) is 10.0 Å². The number of sulfonamides is 1. The molecule has 18 heavy (non-hydrogen) atoms. The SMILES string of the molecule is CC1CCCCN1S(=O)(=O)c1cc(Cl)ccc1N. The Hall–Kier alpha value is -0.780. The predicted octanol–water partition coefficient (Wildman–Crippen LogP) is 2.49. The first kappa shape index (κ1) is 13.6. The van der Waals surface area contributed by atoms with E-state index in [1.54, 1.807) is 6.07 Å². The summed E-state index contributed by atoms with van der Waals surface area (Å²) in [6.45, 7) is 2.48. The van der Waals surface area contributed by atoms with Gasteiger partial charge >= 0.3 is 0 Å². The Morgan fingerprint density at radius 1 is 1.39 bits per heavy atom. The molecule has 1 aromatic carbocycles. The number of hydrogen-bond acceptors (Lipinski definition) is 3. The number of benzene rings is 1. The minimum atomic E-state index is -3.54. The van der Waals surface area contributed by atoms with E-state index in [0.29, 0.717) is 11.6 Å². The summed E-state index contributed by atoms with van der Waals surface area (Å²) < 4.78 is 26.6. The minimum Gasteiger partial charge on any atom is -0.398 e. The monoisotopic (exact) mass is 288 g/mol. The van der Waals surface area contributed by atoms with Gasteiger partial charge in [0.25, 0.3) is 0 Å². The number of nitrogen functional groups attached to an aromatic ring is 1. The van der Waals surface area contributed by atoms with Crippen LogP contribution in [0.3, 0.4) is 0 Å². The largest absolute Gasteiger partial charge is 0.398 e. The fourth-order valence-corrected chi connectivity index (χ4v) is 4.37. The molecule has 1 saturated heterocycles. The van der Waals surface area contributed by atoms with Crippen molar-refractivity contribution in [2.45, 2.75) is 37.1 Å². The topological polar surface area (TPSA) is 63.4 Å². The highest BCUT2D eigenvalue weighted by Crippen LogP contribution is 2.29. The van der Waals surface area contributed by atoms with Crippen LogP contribution in [0.1, 0.15) is 26.2 Å². The van der Waals surface area contributed by atoms with Crippen molar-refractivity contribution >= 4 is 27.3 Å². The normalized spacial score (nSPS) is 22.0. The number of hydrogen-bond donors (Lipinski definition) is 1. The van der Waals surface area contributed by atoms with E-state index in [1.807, 2.05) is 6.92 Å². The third-order valence-corrected chi connectivity index (χ3v) is 5.61. The molecule has 4 nitrogen and oxygen atoms in total. The molecule has 2 N–H and O–H groups in total. The van der Waals surface area contributed by atoms with Crippen molar-refractivity contribution in [3.63, 3.8) is 0 Å². The van der Waals surface area contributed by atoms with Crippen molar-refractivity contribution in [2.24, 2.45) is 0 Å². The highest BCUT2D eigenvalue weighted by molar-refractivity contribution is 7.89. The molecule has 1 heterocycles. The Balaban J connectivity index is 2.44. The van der Waals surface area contributed by atoms with Gasteiger partial charge < -0.3 is 5.73 Å². The number of rotatable bonds is 2. The molecule has 0 radical (unpaired) electrons. The molecule has 1 aromatic rings. The van der Waals surface area contributed by atoms with Crippen molar-refractivity contribution in [3.8, 4) is 0 Å². The first-order valence-electron chi connectivity index (χ1n) is 6.00. The smallest absolute Gasteiger partial charge is 0.245 e. The van der Waals surface area contributed by atoms with E-state index in [2.05, 4.69) is 0 Å². The summed E-state index contributed by atoms with van der Waals surface area (Å²) in [7, 11) is -3.54. The van der Waals surface area contributed by atoms with E-state index < -0.39 is 10.0 Å². The third kappa shape index (κ3) is 2.48. The number of halogens is 1. The van der Waals surface area contributed by atoms with Gasteiger partial charge in [0.05, 0.1) is 5.69 Å². The molecule has 1 aliphatic heterocycles. The molecule has 0 amide bonds. The van der Waals surface area contributed by atoms with Crippen molar-refractivity contribution < 1.29 is 8.42 Å². The van der Waals surface area contributed by atoms with Crippen LogP contribution in [0, 0.1) is 0 Å². The molecule has 0 aliphatic carbocycles. The molecule has 0 bridgehead atoms. The molecular formula is C12H17ClN2O2S. The Labute approximate surface area is 113 Å². The van der Waals surface area contributed by atoms with E-state index in [-0.39, 0.29) is 16.6 Å². The van der Waals surface area contributed by atoms with Crippen LogP contribution in [0.5, 0.6) is 0 Å². The maximum atomic E-state index is 12.6. The predicted molar refractivity (Wildman–Crippen MR) is 73.1 cm³/mol. The van der Waals surface area contributed by atoms with Crippen molar-refractivity contribution in [3.05, 3.63) is 23.2 Å². The van der Waals surface area contributed by atoms with E-state index >= 15 is 0 Å². The number of nitrogens with zero attached hydrogens (tertiary/aromatic N) is 1. The summed E-state index contributed by atoms with van der Waals surface area (Å²) in [4.78, 5) is 0.115. The minimum absolute atomic E-state index is 0.0159. The number of piperidine rings is 1. The molecule has 2 rings (SSSR count). The molecular weight excluding hydrogens is 272 g/mol. The Kier molecular flexibility index (Phi) is 3.84. The zero-order valence-electron chi connectivity index (χ0n) is 10.3. The van der Waals surface area contributed by atoms with Gasteiger partial charge in [-0.15, -0.1) is 0 Å². The van der Waals surface area contributed by atoms with Gasteiger partial charge in [-0.05, 0) is 38.0 Å². The zero-order valence-corrected chi connectivity index (χ0v) is 11.8. The summed E-state index contributed by atoms with van der Waals surface area (Å²) in [6.07, 6.45) is 2.85. The Morgan fingerprint density at radius 3 is 2.78 bits per heavy atom. The lowest BCUT2D eigenvalue weighted by atomic mass is 10.1. The molecule has 1 fully saturated rings. The highest BCUT2D eigenvalue weighted by atomic mass is 35.5. The summed E-state index contributed by atoms with van der Waals surface area (Å²) in [6, 6.07) is 4.56. The second-order valence-corrected chi connectivity index (χ2v) is 6.94. The van der Waals surface area contributed by atoms with Crippen molar-refractivity contribution in [1.29, 1.82) is 0 Å². The van der Waals surface area contributed by atoms with Crippen molar-refractivity contribution in [1.82, 2.24) is 4.31 Å². The average molecular weight is 289 g/mol. The average Bonchev–Trinajstić information content (AvgIpc) is 2.32. The number of anilines is 1. The van der Waals surface area contributed by atoms with Crippen LogP contribution in [0.25, 0.3) is 0 Å². The van der Waals surface area contributed by atoms with Gasteiger partial charge in [0.15, 0.2) is 0 Å². The molecule has 1 unspecified atom stereocenters. The lowest BCUT2D eigenvalue weighted by Gasteiger charge is -2.32. The Bertz CT molecular complexity index is 545. The molecule has 0 saturated carbocycles. The van der Waals surface area contributed by atoms with Crippen LogP contribution in [0.4, 0.5) is 5.69 Å². The van der Waals surface area contributed by atoms with E-state index in [9.17, 15) is 8.42 Å². The van der Waals surface area contributed by atoms with Crippen LogP contribution in [-0.4, -0.2) is 25.3 Å². The van der Waals surface area contributed by atoms with Gasteiger partial charge in [-0.3, -0.25) is 0 Å². The third-order valence-electron chi connectivity index (χ3n) is 3.30. The number of nitrogens with two attached hydrogens (primary N) is 1. The zero-order chi connectivity index (χ0) is 13.3. The molecule has 1 aliphatic rings. The lowest BCUT2D eigenvalue weighted by molar-refractivity contribution is 0.269. The van der Waals surface area contributed by atoms with Gasteiger partial charge in [-0.2, -0.15) is 4.31 Å². The Morgan fingerprint density at radius 2 is 2.11 bits per heavy atom. The fraction of sp³-hybridized carbons (Fsp3) is 0.500. The van der Waals surface area contributed by atoms with Crippen LogP contribution in [0.15, 0.2) is 23.1 Å². The van der Waals surface area contributed by atoms with Gasteiger partial charge in [-0.25, -0.2) is 8.42 Å². The summed E-state index contributed by atoms with van der Waals surface area (Å²) >= 11 is 5.86. The van der Waals surface area contributed by atoms with Crippen LogP contribution in [0.2, 0.25) is 5.02 Å².